The van der Waals surface area contributed by atoms with Crippen LogP contribution in [0.1, 0.15) is 34.3 Å². The Hall–Kier alpha value is -3.74. The molecule has 0 spiro atoms. The number of allylic oxidation sites excluding steroid dienone is 3. The maximum atomic E-state index is 8.42. The first kappa shape index (κ1) is 23.9. The van der Waals surface area contributed by atoms with Crippen molar-refractivity contribution in [2.75, 3.05) is 7.05 Å². The number of nitrogens with zero attached hydrogens (tertiary/aromatic N) is 4. The van der Waals surface area contributed by atoms with Crippen LogP contribution < -0.4 is 5.32 Å². The molecule has 2 aromatic rings. The third-order valence-corrected chi connectivity index (χ3v) is 5.66. The number of rotatable bonds is 9. The molecular formula is C26H35N7. The predicted molar refractivity (Wildman–Crippen MR) is 140 cm³/mol. The number of fused-ring (bicyclic) bond motifs is 1. The Morgan fingerprint density at radius 3 is 3.00 bits per heavy atom. The van der Waals surface area contributed by atoms with Gasteiger partial charge in [0.25, 0.3) is 0 Å². The lowest BCUT2D eigenvalue weighted by atomic mass is 9.87. The summed E-state index contributed by atoms with van der Waals surface area (Å²) in [6.45, 7) is 6.25. The second kappa shape index (κ2) is 11.2. The standard InChI is InChI=1S/C26H33N7.H2/c1-5-6-14-29-24(13-12-22-17-30-25-9-7-8-15-33(22)25)20(3)31-21-11-10-19(2)23(16-21)26(28)32(4)18-27;/h6-20,23,27-28,31H,5H2,1-4H3;1H/b13-12+,14-6-,27-18?,28-26?,29-24+;. The highest BCUT2D eigenvalue weighted by Crippen LogP contribution is 2.24. The first-order valence-electron chi connectivity index (χ1n) is 11.3. The maximum Gasteiger partial charge on any atom is 0.137 e. The number of hydrogen-bond donors (Lipinski definition) is 3. The molecule has 1 aliphatic rings. The summed E-state index contributed by atoms with van der Waals surface area (Å²) in [5.41, 5.74) is 3.73. The Morgan fingerprint density at radius 2 is 2.24 bits per heavy atom. The van der Waals surface area contributed by atoms with Gasteiger partial charge in [-0.1, -0.05) is 38.1 Å². The van der Waals surface area contributed by atoms with Crippen molar-refractivity contribution in [3.8, 4) is 0 Å². The molecule has 3 atom stereocenters. The largest absolute Gasteiger partial charge is 0.377 e. The molecule has 0 saturated carbocycles. The van der Waals surface area contributed by atoms with Crippen molar-refractivity contribution in [2.24, 2.45) is 16.8 Å². The number of aliphatic imine (C=N–C) groups is 1. The normalized spacial score (nSPS) is 19.8. The molecule has 2 aromatic heterocycles. The van der Waals surface area contributed by atoms with Crippen molar-refractivity contribution in [1.29, 1.82) is 10.8 Å². The minimum Gasteiger partial charge on any atom is -0.377 e. The zero-order valence-electron chi connectivity index (χ0n) is 19.7. The van der Waals surface area contributed by atoms with Gasteiger partial charge in [-0.3, -0.25) is 15.8 Å². The van der Waals surface area contributed by atoms with Crippen molar-refractivity contribution in [3.05, 3.63) is 78.6 Å². The van der Waals surface area contributed by atoms with Gasteiger partial charge >= 0.3 is 0 Å². The molecule has 0 fully saturated rings. The molecule has 0 aromatic carbocycles. The molecule has 2 heterocycles. The van der Waals surface area contributed by atoms with E-state index in [0.717, 1.165) is 29.2 Å². The smallest absolute Gasteiger partial charge is 0.137 e. The molecule has 3 rings (SSSR count). The molecule has 0 aliphatic heterocycles. The topological polar surface area (TPSA) is 92.6 Å². The molecule has 0 bridgehead atoms. The van der Waals surface area contributed by atoms with Crippen molar-refractivity contribution < 1.29 is 1.43 Å². The molecule has 0 radical (unpaired) electrons. The van der Waals surface area contributed by atoms with Gasteiger partial charge in [0, 0.05) is 32.5 Å². The van der Waals surface area contributed by atoms with Crippen LogP contribution in [0.5, 0.6) is 0 Å². The molecule has 174 valence electrons. The Morgan fingerprint density at radius 1 is 1.42 bits per heavy atom. The Bertz CT molecular complexity index is 1140. The number of nitrogens with one attached hydrogen (secondary N) is 3. The molecule has 3 unspecified atom stereocenters. The van der Waals surface area contributed by atoms with Crippen molar-refractivity contribution in [1.82, 2.24) is 19.6 Å². The highest BCUT2D eigenvalue weighted by molar-refractivity contribution is 6.02. The number of imidazole rings is 1. The Kier molecular flexibility index (Phi) is 8.13. The van der Waals surface area contributed by atoms with Gasteiger partial charge < -0.3 is 14.6 Å². The van der Waals surface area contributed by atoms with Crippen LogP contribution in [-0.4, -0.2) is 45.3 Å². The molecule has 3 N–H and O–H groups in total. The fraction of sp³-hybridized carbons (Fsp3) is 0.308. The lowest BCUT2D eigenvalue weighted by Crippen LogP contribution is -2.37. The zero-order valence-corrected chi connectivity index (χ0v) is 19.7. The van der Waals surface area contributed by atoms with Crippen LogP contribution in [0.4, 0.5) is 0 Å². The second-order valence-electron chi connectivity index (χ2n) is 8.15. The van der Waals surface area contributed by atoms with Gasteiger partial charge in [0.2, 0.25) is 0 Å². The first-order valence-corrected chi connectivity index (χ1v) is 11.3. The van der Waals surface area contributed by atoms with Crippen LogP contribution in [-0.2, 0) is 0 Å². The zero-order chi connectivity index (χ0) is 23.8. The van der Waals surface area contributed by atoms with Gasteiger partial charge in [0.15, 0.2) is 0 Å². The van der Waals surface area contributed by atoms with E-state index in [4.69, 9.17) is 15.8 Å². The summed E-state index contributed by atoms with van der Waals surface area (Å²) in [4.78, 5) is 10.7. The van der Waals surface area contributed by atoms with E-state index in [1.807, 2.05) is 59.4 Å². The Balaban J connectivity index is 0.00000408. The average molecular weight is 446 g/mol. The van der Waals surface area contributed by atoms with E-state index >= 15 is 0 Å². The van der Waals surface area contributed by atoms with E-state index in [0.29, 0.717) is 5.84 Å². The van der Waals surface area contributed by atoms with Crippen molar-refractivity contribution in [3.63, 3.8) is 0 Å². The summed E-state index contributed by atoms with van der Waals surface area (Å²) in [6.07, 6.45) is 20.1. The van der Waals surface area contributed by atoms with Gasteiger partial charge in [-0.05, 0) is 49.6 Å². The van der Waals surface area contributed by atoms with E-state index < -0.39 is 0 Å². The van der Waals surface area contributed by atoms with Gasteiger partial charge in [-0.25, -0.2) is 4.98 Å². The van der Waals surface area contributed by atoms with Crippen molar-refractivity contribution >= 4 is 29.6 Å². The third-order valence-electron chi connectivity index (χ3n) is 5.66. The summed E-state index contributed by atoms with van der Waals surface area (Å²) < 4.78 is 2.04. The van der Waals surface area contributed by atoms with Gasteiger partial charge in [0.05, 0.1) is 30.0 Å². The quantitative estimate of drug-likeness (QED) is 0.368. The van der Waals surface area contributed by atoms with E-state index in [1.54, 1.807) is 11.9 Å². The SMILES string of the molecule is CC\C=C/N=C(\C=C\c1cnc2ccccn12)C(C)NC1=CC(C(=N)N(C)C=N)C(C)C=C1.[HH]. The predicted octanol–water partition coefficient (Wildman–Crippen LogP) is 5.16. The summed E-state index contributed by atoms with van der Waals surface area (Å²) in [5, 5.41) is 19.4. The highest BCUT2D eigenvalue weighted by atomic mass is 15.1. The molecule has 0 amide bonds. The number of hydrogen-bond acceptors (Lipinski definition) is 5. The van der Waals surface area contributed by atoms with Crippen LogP contribution >= 0.6 is 0 Å². The first-order chi connectivity index (χ1) is 15.9. The van der Waals surface area contributed by atoms with Gasteiger partial charge in [-0.2, -0.15) is 0 Å². The molecule has 1 aliphatic carbocycles. The lowest BCUT2D eigenvalue weighted by Gasteiger charge is -2.28. The van der Waals surface area contributed by atoms with Crippen LogP contribution in [0.25, 0.3) is 11.7 Å². The van der Waals surface area contributed by atoms with Crippen molar-refractivity contribution in [2.45, 2.75) is 33.2 Å². The van der Waals surface area contributed by atoms with Crippen LogP contribution in [0.15, 0.2) is 77.9 Å². The van der Waals surface area contributed by atoms with E-state index in [-0.39, 0.29) is 19.3 Å². The number of amidine groups is 1. The summed E-state index contributed by atoms with van der Waals surface area (Å²) >= 11 is 0. The Labute approximate surface area is 197 Å². The summed E-state index contributed by atoms with van der Waals surface area (Å²) in [5.74, 6) is 0.503. The van der Waals surface area contributed by atoms with E-state index in [9.17, 15) is 0 Å². The van der Waals surface area contributed by atoms with Crippen LogP contribution in [0, 0.1) is 22.7 Å². The molecule has 7 nitrogen and oxygen atoms in total. The average Bonchev–Trinajstić information content (AvgIpc) is 3.24. The fourth-order valence-corrected chi connectivity index (χ4v) is 3.62. The van der Waals surface area contributed by atoms with Crippen LogP contribution in [0.3, 0.4) is 0 Å². The monoisotopic (exact) mass is 445 g/mol. The molecular weight excluding hydrogens is 410 g/mol. The molecule has 33 heavy (non-hydrogen) atoms. The number of pyridine rings is 1. The summed E-state index contributed by atoms with van der Waals surface area (Å²) in [6, 6.07) is 5.89. The van der Waals surface area contributed by atoms with E-state index in [2.05, 4.69) is 49.3 Å². The van der Waals surface area contributed by atoms with Gasteiger partial charge in [-0.15, -0.1) is 0 Å². The van der Waals surface area contributed by atoms with Gasteiger partial charge in [0.1, 0.15) is 11.5 Å². The molecule has 7 heteroatoms. The minimum atomic E-state index is -0.0922. The minimum absolute atomic E-state index is 0. The summed E-state index contributed by atoms with van der Waals surface area (Å²) in [7, 11) is 1.74. The lowest BCUT2D eigenvalue weighted by molar-refractivity contribution is 0.565. The third kappa shape index (κ3) is 5.94. The molecule has 0 saturated heterocycles. The highest BCUT2D eigenvalue weighted by Gasteiger charge is 2.24. The maximum absolute atomic E-state index is 8.42. The number of aromatic nitrogens is 2. The second-order valence-corrected chi connectivity index (χ2v) is 8.15. The van der Waals surface area contributed by atoms with Crippen LogP contribution in [0.2, 0.25) is 0 Å². The van der Waals surface area contributed by atoms with E-state index in [1.165, 1.54) is 6.34 Å². The fourth-order valence-electron chi connectivity index (χ4n) is 3.62.